The van der Waals surface area contributed by atoms with Gasteiger partial charge < -0.3 is 10.6 Å². The molecular formula is C14H31IN4O2S2. The Morgan fingerprint density at radius 3 is 2.57 bits per heavy atom. The molecule has 0 aromatic carbocycles. The maximum Gasteiger partial charge on any atom is 0.211 e. The van der Waals surface area contributed by atoms with Crippen LogP contribution in [0.1, 0.15) is 40.0 Å². The minimum atomic E-state index is -3.09. The van der Waals surface area contributed by atoms with Gasteiger partial charge in [0.25, 0.3) is 0 Å². The van der Waals surface area contributed by atoms with E-state index in [2.05, 4.69) is 27.3 Å². The Morgan fingerprint density at radius 2 is 2.00 bits per heavy atom. The molecule has 0 amide bonds. The van der Waals surface area contributed by atoms with Gasteiger partial charge in [0.2, 0.25) is 10.0 Å². The van der Waals surface area contributed by atoms with Crippen molar-refractivity contribution in [3.63, 3.8) is 0 Å². The number of rotatable bonds is 9. The highest BCUT2D eigenvalue weighted by atomic mass is 127. The average molecular weight is 478 g/mol. The van der Waals surface area contributed by atoms with Crippen molar-refractivity contribution in [3.05, 3.63) is 0 Å². The van der Waals surface area contributed by atoms with E-state index in [-0.39, 0.29) is 34.5 Å². The molecule has 1 aliphatic heterocycles. The van der Waals surface area contributed by atoms with Gasteiger partial charge in [-0.1, -0.05) is 0 Å². The predicted molar refractivity (Wildman–Crippen MR) is 112 cm³/mol. The summed E-state index contributed by atoms with van der Waals surface area (Å²) in [6, 6.07) is 0. The molecule has 9 heteroatoms. The number of halogens is 1. The van der Waals surface area contributed by atoms with Crippen molar-refractivity contribution >= 4 is 51.7 Å². The molecule has 1 rings (SSSR count). The zero-order chi connectivity index (χ0) is 16.5. The van der Waals surface area contributed by atoms with Crippen molar-refractivity contribution in [2.45, 2.75) is 44.8 Å². The van der Waals surface area contributed by atoms with Crippen LogP contribution in [0.5, 0.6) is 0 Å². The van der Waals surface area contributed by atoms with Crippen LogP contribution in [0.2, 0.25) is 0 Å². The molecule has 3 N–H and O–H groups in total. The smallest absolute Gasteiger partial charge is 0.211 e. The maximum absolute atomic E-state index is 11.3. The highest BCUT2D eigenvalue weighted by Crippen LogP contribution is 2.37. The molecule has 0 aromatic heterocycles. The van der Waals surface area contributed by atoms with E-state index in [1.54, 1.807) is 6.92 Å². The minimum absolute atomic E-state index is 0. The largest absolute Gasteiger partial charge is 0.357 e. The molecule has 1 atom stereocenters. The first-order valence-electron chi connectivity index (χ1n) is 8.04. The Labute approximate surface area is 162 Å². The van der Waals surface area contributed by atoms with E-state index in [1.807, 2.05) is 18.7 Å². The van der Waals surface area contributed by atoms with Crippen molar-refractivity contribution in [1.29, 1.82) is 0 Å². The fraction of sp³-hybridized carbons (Fsp3) is 0.929. The summed E-state index contributed by atoms with van der Waals surface area (Å²) < 4.78 is 25.5. The number of nitrogens with zero attached hydrogens (tertiary/aromatic N) is 1. The lowest BCUT2D eigenvalue weighted by molar-refractivity contribution is 0.579. The predicted octanol–water partition coefficient (Wildman–Crippen LogP) is 1.77. The zero-order valence-electron chi connectivity index (χ0n) is 14.4. The number of nitrogens with one attached hydrogen (secondary N) is 3. The lowest BCUT2D eigenvalue weighted by atomic mass is 10.1. The van der Waals surface area contributed by atoms with Gasteiger partial charge in [0.05, 0.1) is 12.3 Å². The zero-order valence-corrected chi connectivity index (χ0v) is 18.3. The Balaban J connectivity index is 0.00000484. The van der Waals surface area contributed by atoms with E-state index in [9.17, 15) is 8.42 Å². The first-order chi connectivity index (χ1) is 10.4. The number of aliphatic imine (C=N–C) groups is 1. The van der Waals surface area contributed by atoms with Gasteiger partial charge in [-0.05, 0) is 45.8 Å². The van der Waals surface area contributed by atoms with Crippen molar-refractivity contribution in [1.82, 2.24) is 15.4 Å². The van der Waals surface area contributed by atoms with Crippen molar-refractivity contribution in [3.8, 4) is 0 Å². The van der Waals surface area contributed by atoms with Crippen LogP contribution in [0.3, 0.4) is 0 Å². The summed E-state index contributed by atoms with van der Waals surface area (Å²) in [7, 11) is -3.09. The Bertz CT molecular complexity index is 452. The summed E-state index contributed by atoms with van der Waals surface area (Å²) >= 11 is 2.00. The fourth-order valence-corrected chi connectivity index (χ4v) is 4.06. The van der Waals surface area contributed by atoms with Crippen LogP contribution in [0, 0.1) is 0 Å². The molecule has 0 radical (unpaired) electrons. The van der Waals surface area contributed by atoms with Crippen LogP contribution in [-0.2, 0) is 10.0 Å². The van der Waals surface area contributed by atoms with Crippen LogP contribution < -0.4 is 15.4 Å². The van der Waals surface area contributed by atoms with E-state index in [1.165, 1.54) is 18.6 Å². The fourth-order valence-electron chi connectivity index (χ4n) is 2.17. The van der Waals surface area contributed by atoms with E-state index in [4.69, 9.17) is 0 Å². The van der Waals surface area contributed by atoms with E-state index in [0.29, 0.717) is 13.1 Å². The summed E-state index contributed by atoms with van der Waals surface area (Å²) in [5.74, 6) is 2.17. The molecule has 0 spiro atoms. The third kappa shape index (κ3) is 9.98. The number of sulfonamides is 1. The summed E-state index contributed by atoms with van der Waals surface area (Å²) in [4.78, 5) is 4.66. The molecule has 138 valence electrons. The third-order valence-electron chi connectivity index (χ3n) is 3.56. The second kappa shape index (κ2) is 11.8. The molecule has 0 aliphatic carbocycles. The monoisotopic (exact) mass is 478 g/mol. The van der Waals surface area contributed by atoms with Crippen molar-refractivity contribution < 1.29 is 8.42 Å². The summed E-state index contributed by atoms with van der Waals surface area (Å²) in [5.41, 5.74) is 0. The van der Waals surface area contributed by atoms with Gasteiger partial charge in [-0.2, -0.15) is 11.8 Å². The SMILES string of the molecule is CCNC(=NCC1(C)CCCS1)NCCCNS(=O)(=O)CC.I. The molecule has 6 nitrogen and oxygen atoms in total. The summed E-state index contributed by atoms with van der Waals surface area (Å²) in [6.45, 7) is 8.74. The number of guanidine groups is 1. The van der Waals surface area contributed by atoms with Crippen LogP contribution in [0.4, 0.5) is 0 Å². The van der Waals surface area contributed by atoms with Crippen LogP contribution in [-0.4, -0.2) is 56.8 Å². The molecule has 0 saturated carbocycles. The van der Waals surface area contributed by atoms with E-state index >= 15 is 0 Å². The molecule has 0 aromatic rings. The first kappa shape index (κ1) is 23.3. The van der Waals surface area contributed by atoms with Crippen molar-refractivity contribution in [2.75, 3.05) is 37.7 Å². The van der Waals surface area contributed by atoms with E-state index in [0.717, 1.165) is 25.5 Å². The molecule has 23 heavy (non-hydrogen) atoms. The van der Waals surface area contributed by atoms with Gasteiger partial charge in [0, 0.05) is 24.4 Å². The third-order valence-corrected chi connectivity index (χ3v) is 6.49. The standard InChI is InChI=1S/C14H30N4O2S2.HI/c1-4-15-13(17-12-14(3)8-6-11-21-14)16-9-7-10-18-22(19,20)5-2;/h18H,4-12H2,1-3H3,(H2,15,16,17);1H. The Hall–Kier alpha value is 0.260. The van der Waals surface area contributed by atoms with Crippen LogP contribution in [0.15, 0.2) is 4.99 Å². The van der Waals surface area contributed by atoms with Gasteiger partial charge >= 0.3 is 0 Å². The first-order valence-corrected chi connectivity index (χ1v) is 10.7. The highest BCUT2D eigenvalue weighted by Gasteiger charge is 2.29. The van der Waals surface area contributed by atoms with Gasteiger partial charge in [0.15, 0.2) is 5.96 Å². The van der Waals surface area contributed by atoms with Gasteiger partial charge in [0.1, 0.15) is 0 Å². The molecule has 1 saturated heterocycles. The second-order valence-corrected chi connectivity index (χ2v) is 9.45. The molecular weight excluding hydrogens is 447 g/mol. The average Bonchev–Trinajstić information content (AvgIpc) is 2.91. The van der Waals surface area contributed by atoms with Gasteiger partial charge in [-0.15, -0.1) is 24.0 Å². The van der Waals surface area contributed by atoms with Crippen LogP contribution >= 0.6 is 35.7 Å². The normalized spacial score (nSPS) is 21.8. The van der Waals surface area contributed by atoms with Gasteiger partial charge in [-0.3, -0.25) is 4.99 Å². The Morgan fingerprint density at radius 1 is 1.26 bits per heavy atom. The van der Waals surface area contributed by atoms with Crippen molar-refractivity contribution in [2.24, 2.45) is 4.99 Å². The molecule has 1 aliphatic rings. The lowest BCUT2D eigenvalue weighted by Crippen LogP contribution is -2.40. The maximum atomic E-state index is 11.3. The van der Waals surface area contributed by atoms with E-state index < -0.39 is 10.0 Å². The molecule has 1 unspecified atom stereocenters. The lowest BCUT2D eigenvalue weighted by Gasteiger charge is -2.21. The summed E-state index contributed by atoms with van der Waals surface area (Å²) in [5, 5.41) is 6.49. The highest BCUT2D eigenvalue weighted by molar-refractivity contribution is 14.0. The summed E-state index contributed by atoms with van der Waals surface area (Å²) in [6.07, 6.45) is 3.23. The molecule has 0 bridgehead atoms. The topological polar surface area (TPSA) is 82.6 Å². The minimum Gasteiger partial charge on any atom is -0.357 e. The van der Waals surface area contributed by atoms with Crippen LogP contribution in [0.25, 0.3) is 0 Å². The Kier molecular flexibility index (Phi) is 11.9. The second-order valence-electron chi connectivity index (χ2n) is 5.68. The number of hydrogen-bond acceptors (Lipinski definition) is 4. The quantitative estimate of drug-likeness (QED) is 0.204. The number of thioether (sulfide) groups is 1. The molecule has 1 heterocycles. The molecule has 1 fully saturated rings. The number of hydrogen-bond donors (Lipinski definition) is 3. The van der Waals surface area contributed by atoms with Gasteiger partial charge in [-0.25, -0.2) is 13.1 Å².